The summed E-state index contributed by atoms with van der Waals surface area (Å²) in [4.78, 5) is 0. The number of hydrogen-bond acceptors (Lipinski definition) is 0. The average Bonchev–Trinajstić information content (AvgIpc) is 3.06. The Morgan fingerprint density at radius 3 is 2.68 bits per heavy atom. The summed E-state index contributed by atoms with van der Waals surface area (Å²) in [6.45, 7) is 4.68. The van der Waals surface area contributed by atoms with Crippen molar-refractivity contribution >= 4 is 23.2 Å². The summed E-state index contributed by atoms with van der Waals surface area (Å²) in [6.07, 6.45) is 6.90. The van der Waals surface area contributed by atoms with Crippen molar-refractivity contribution in [1.82, 2.24) is 0 Å². The largest absolute Gasteiger partial charge is 0.0827 e. The van der Waals surface area contributed by atoms with Gasteiger partial charge in [0.1, 0.15) is 0 Å². The van der Waals surface area contributed by atoms with Crippen LogP contribution in [-0.4, -0.2) is 0 Å². The van der Waals surface area contributed by atoms with E-state index in [4.69, 9.17) is 23.2 Å². The molecule has 0 bridgehead atoms. The monoisotopic (exact) mass is 296 g/mol. The van der Waals surface area contributed by atoms with Gasteiger partial charge in [-0.1, -0.05) is 43.1 Å². The predicted molar refractivity (Wildman–Crippen MR) is 83.0 cm³/mol. The Kier molecular flexibility index (Phi) is 3.60. The Bertz CT molecular complexity index is 480. The lowest BCUT2D eigenvalue weighted by molar-refractivity contribution is 0.276. The summed E-state index contributed by atoms with van der Waals surface area (Å²) in [7, 11) is 0. The Morgan fingerprint density at radius 1 is 1.26 bits per heavy atom. The molecule has 0 heterocycles. The lowest BCUT2D eigenvalue weighted by atomic mass is 9.75. The van der Waals surface area contributed by atoms with Gasteiger partial charge in [-0.3, -0.25) is 0 Å². The van der Waals surface area contributed by atoms with Crippen LogP contribution in [0.25, 0.3) is 0 Å². The maximum Gasteiger partial charge on any atom is 0.0595 e. The van der Waals surface area contributed by atoms with Gasteiger partial charge in [-0.05, 0) is 73.0 Å². The highest BCUT2D eigenvalue weighted by Crippen LogP contribution is 2.64. The SMILES string of the molecule is CC(C)CC1CCC2(c3ccc(Cl)c(Cl)c3)CC2C1. The maximum absolute atomic E-state index is 6.18. The molecule has 1 aromatic rings. The van der Waals surface area contributed by atoms with E-state index in [0.29, 0.717) is 15.5 Å². The molecule has 3 atom stereocenters. The molecule has 0 spiro atoms. The fraction of sp³-hybridized carbons (Fsp3) is 0.647. The van der Waals surface area contributed by atoms with Gasteiger partial charge in [-0.25, -0.2) is 0 Å². The Labute approximate surface area is 126 Å². The van der Waals surface area contributed by atoms with E-state index >= 15 is 0 Å². The highest BCUT2D eigenvalue weighted by molar-refractivity contribution is 6.42. The number of halogens is 2. The third-order valence-electron chi connectivity index (χ3n) is 5.15. The second-order valence-electron chi connectivity index (χ2n) is 6.96. The number of fused-ring (bicyclic) bond motifs is 1. The van der Waals surface area contributed by atoms with Crippen LogP contribution in [0.4, 0.5) is 0 Å². The van der Waals surface area contributed by atoms with Crippen molar-refractivity contribution < 1.29 is 0 Å². The van der Waals surface area contributed by atoms with Crippen molar-refractivity contribution in [2.45, 2.75) is 51.4 Å². The summed E-state index contributed by atoms with van der Waals surface area (Å²) in [5.41, 5.74) is 1.87. The van der Waals surface area contributed by atoms with Crippen molar-refractivity contribution in [1.29, 1.82) is 0 Å². The molecule has 2 heteroatoms. The van der Waals surface area contributed by atoms with E-state index in [1.165, 1.54) is 37.7 Å². The summed E-state index contributed by atoms with van der Waals surface area (Å²) >= 11 is 12.2. The molecule has 19 heavy (non-hydrogen) atoms. The van der Waals surface area contributed by atoms with Gasteiger partial charge in [0.2, 0.25) is 0 Å². The molecule has 0 aromatic heterocycles. The van der Waals surface area contributed by atoms with Crippen molar-refractivity contribution in [2.24, 2.45) is 17.8 Å². The van der Waals surface area contributed by atoms with Gasteiger partial charge >= 0.3 is 0 Å². The van der Waals surface area contributed by atoms with Gasteiger partial charge in [0.25, 0.3) is 0 Å². The smallest absolute Gasteiger partial charge is 0.0595 e. The summed E-state index contributed by atoms with van der Waals surface area (Å²) in [5.74, 6) is 2.67. The van der Waals surface area contributed by atoms with Crippen molar-refractivity contribution in [3.63, 3.8) is 0 Å². The van der Waals surface area contributed by atoms with E-state index in [9.17, 15) is 0 Å². The molecule has 2 saturated carbocycles. The molecule has 0 saturated heterocycles. The minimum absolute atomic E-state index is 0.446. The molecule has 0 amide bonds. The number of hydrogen-bond donors (Lipinski definition) is 0. The van der Waals surface area contributed by atoms with E-state index < -0.39 is 0 Å². The second kappa shape index (κ2) is 4.97. The molecular weight excluding hydrogens is 275 g/mol. The maximum atomic E-state index is 6.18. The predicted octanol–water partition coefficient (Wildman–Crippen LogP) is 6.10. The van der Waals surface area contributed by atoms with E-state index in [-0.39, 0.29) is 0 Å². The summed E-state index contributed by atoms with van der Waals surface area (Å²) in [5, 5.41) is 1.39. The van der Waals surface area contributed by atoms with Gasteiger partial charge in [0.05, 0.1) is 10.0 Å². The molecule has 3 rings (SSSR count). The normalized spacial score (nSPS) is 33.3. The van der Waals surface area contributed by atoms with Crippen molar-refractivity contribution in [3.8, 4) is 0 Å². The van der Waals surface area contributed by atoms with Crippen LogP contribution >= 0.6 is 23.2 Å². The molecule has 0 N–H and O–H groups in total. The first-order chi connectivity index (χ1) is 9.01. The van der Waals surface area contributed by atoms with Crippen LogP contribution in [0.5, 0.6) is 0 Å². The van der Waals surface area contributed by atoms with Crippen LogP contribution in [0.3, 0.4) is 0 Å². The van der Waals surface area contributed by atoms with Gasteiger partial charge < -0.3 is 0 Å². The summed E-state index contributed by atoms with van der Waals surface area (Å²) in [6, 6.07) is 6.26. The zero-order valence-corrected chi connectivity index (χ0v) is 13.3. The van der Waals surface area contributed by atoms with Gasteiger partial charge in [-0.2, -0.15) is 0 Å². The molecule has 1 aromatic carbocycles. The molecule has 0 nitrogen and oxygen atoms in total. The van der Waals surface area contributed by atoms with E-state index in [2.05, 4.69) is 26.0 Å². The highest BCUT2D eigenvalue weighted by atomic mass is 35.5. The zero-order valence-electron chi connectivity index (χ0n) is 11.8. The molecule has 2 fully saturated rings. The van der Waals surface area contributed by atoms with Crippen molar-refractivity contribution in [3.05, 3.63) is 33.8 Å². The van der Waals surface area contributed by atoms with Crippen molar-refractivity contribution in [2.75, 3.05) is 0 Å². The molecule has 2 aliphatic rings. The Balaban J connectivity index is 1.73. The summed E-state index contributed by atoms with van der Waals surface area (Å²) < 4.78 is 0. The first kappa shape index (κ1) is 13.8. The van der Waals surface area contributed by atoms with Crippen LogP contribution in [-0.2, 0) is 5.41 Å². The topological polar surface area (TPSA) is 0 Å². The molecule has 104 valence electrons. The lowest BCUT2D eigenvalue weighted by Crippen LogP contribution is -2.20. The van der Waals surface area contributed by atoms with E-state index in [0.717, 1.165) is 17.8 Å². The minimum atomic E-state index is 0.446. The standard InChI is InChI=1S/C17H22Cl2/c1-11(2)7-12-5-6-17(10-14(17)8-12)13-3-4-15(18)16(19)9-13/h3-4,9,11-12,14H,5-8,10H2,1-2H3. The number of rotatable bonds is 3. The van der Waals surface area contributed by atoms with Crippen LogP contribution in [0, 0.1) is 17.8 Å². The first-order valence-electron chi connectivity index (χ1n) is 7.47. The lowest BCUT2D eigenvalue weighted by Gasteiger charge is -2.29. The fourth-order valence-corrected chi connectivity index (χ4v) is 4.46. The Morgan fingerprint density at radius 2 is 2.05 bits per heavy atom. The van der Waals surface area contributed by atoms with Gasteiger partial charge in [0, 0.05) is 0 Å². The third-order valence-corrected chi connectivity index (χ3v) is 5.89. The molecule has 0 radical (unpaired) electrons. The van der Waals surface area contributed by atoms with E-state index in [1.54, 1.807) is 0 Å². The fourth-order valence-electron chi connectivity index (χ4n) is 4.16. The first-order valence-corrected chi connectivity index (χ1v) is 8.22. The zero-order chi connectivity index (χ0) is 13.6. The quantitative estimate of drug-likeness (QED) is 0.632. The highest BCUT2D eigenvalue weighted by Gasteiger charge is 2.57. The average molecular weight is 297 g/mol. The molecular formula is C17H22Cl2. The molecule has 0 aliphatic heterocycles. The minimum Gasteiger partial charge on any atom is -0.0827 e. The van der Waals surface area contributed by atoms with Gasteiger partial charge in [-0.15, -0.1) is 0 Å². The van der Waals surface area contributed by atoms with Gasteiger partial charge in [0.15, 0.2) is 0 Å². The molecule has 3 unspecified atom stereocenters. The third kappa shape index (κ3) is 2.54. The molecule has 2 aliphatic carbocycles. The number of benzene rings is 1. The van der Waals surface area contributed by atoms with Crippen LogP contribution in [0.2, 0.25) is 10.0 Å². The van der Waals surface area contributed by atoms with Crippen LogP contribution < -0.4 is 0 Å². The van der Waals surface area contributed by atoms with Crippen LogP contribution in [0.1, 0.15) is 51.5 Å². The van der Waals surface area contributed by atoms with Crippen LogP contribution in [0.15, 0.2) is 18.2 Å². The second-order valence-corrected chi connectivity index (χ2v) is 7.77. The van der Waals surface area contributed by atoms with E-state index in [1.807, 2.05) is 6.07 Å². The Hall–Kier alpha value is -0.200.